The van der Waals surface area contributed by atoms with Crippen molar-refractivity contribution in [3.63, 3.8) is 0 Å². The average molecular weight is 360 g/mol. The summed E-state index contributed by atoms with van der Waals surface area (Å²) in [6.07, 6.45) is 7.78. The second-order valence-electron chi connectivity index (χ2n) is 10.0. The van der Waals surface area contributed by atoms with Crippen molar-refractivity contribution in [1.29, 1.82) is 0 Å². The van der Waals surface area contributed by atoms with E-state index in [1.165, 1.54) is 12.5 Å². The summed E-state index contributed by atoms with van der Waals surface area (Å²) >= 11 is 0. The maximum atomic E-state index is 12.2. The number of carbonyl (C=O) groups is 2. The number of carboxylic acids is 1. The monoisotopic (exact) mass is 360 g/mol. The van der Waals surface area contributed by atoms with Gasteiger partial charge in [0.05, 0.1) is 5.41 Å². The van der Waals surface area contributed by atoms with Crippen LogP contribution in [0.1, 0.15) is 72.1 Å². The number of hydrogen-bond donors (Lipinski definition) is 1. The Kier molecular flexibility index (Phi) is 3.88. The van der Waals surface area contributed by atoms with E-state index in [-0.39, 0.29) is 28.8 Å². The molecule has 144 valence electrons. The first-order valence-electron chi connectivity index (χ1n) is 10.2. The molecule has 1 N–H and O–H groups in total. The highest BCUT2D eigenvalue weighted by Gasteiger charge is 2.69. The fourth-order valence-electron chi connectivity index (χ4n) is 8.00. The van der Waals surface area contributed by atoms with E-state index in [0.717, 1.165) is 51.4 Å². The van der Waals surface area contributed by atoms with Crippen molar-refractivity contribution in [2.75, 3.05) is 0 Å². The smallest absolute Gasteiger partial charge is 0.309 e. The van der Waals surface area contributed by atoms with Crippen LogP contribution in [0.15, 0.2) is 12.2 Å². The number of carboxylic acid groups (broad SMARTS) is 1. The van der Waals surface area contributed by atoms with E-state index in [1.807, 2.05) is 6.92 Å². The maximum Gasteiger partial charge on any atom is 0.309 e. The van der Waals surface area contributed by atoms with Crippen molar-refractivity contribution >= 4 is 11.9 Å². The Balaban J connectivity index is 1.77. The highest BCUT2D eigenvalue weighted by molar-refractivity contribution is 5.75. The van der Waals surface area contributed by atoms with Gasteiger partial charge in [-0.3, -0.25) is 9.59 Å². The zero-order chi connectivity index (χ0) is 18.9. The summed E-state index contributed by atoms with van der Waals surface area (Å²) in [7, 11) is 0. The molecule has 4 nitrogen and oxygen atoms in total. The van der Waals surface area contributed by atoms with E-state index in [1.54, 1.807) is 0 Å². The van der Waals surface area contributed by atoms with Crippen LogP contribution in [0.5, 0.6) is 0 Å². The number of rotatable bonds is 2. The third kappa shape index (κ3) is 2.13. The zero-order valence-corrected chi connectivity index (χ0v) is 16.3. The molecule has 4 aliphatic carbocycles. The van der Waals surface area contributed by atoms with E-state index in [4.69, 9.17) is 4.74 Å². The van der Waals surface area contributed by atoms with Gasteiger partial charge in [0.25, 0.3) is 0 Å². The molecule has 4 heteroatoms. The Bertz CT molecular complexity index is 669. The Morgan fingerprint density at radius 3 is 2.50 bits per heavy atom. The van der Waals surface area contributed by atoms with Gasteiger partial charge in [0.15, 0.2) is 0 Å². The minimum Gasteiger partial charge on any atom is -0.481 e. The summed E-state index contributed by atoms with van der Waals surface area (Å²) in [6, 6.07) is 0. The summed E-state index contributed by atoms with van der Waals surface area (Å²) in [6.45, 7) is 10.2. The zero-order valence-electron chi connectivity index (χ0n) is 16.3. The molecular weight excluding hydrogens is 328 g/mol. The predicted octanol–water partition coefficient (Wildman–Crippen LogP) is 4.58. The molecule has 0 aromatic carbocycles. The van der Waals surface area contributed by atoms with E-state index >= 15 is 0 Å². The summed E-state index contributed by atoms with van der Waals surface area (Å²) in [4.78, 5) is 24.0. The second kappa shape index (κ2) is 5.59. The standard InChI is InChI=1S/C22H32O4/c1-13-12-22-11-8-16-20(3,9-5-10-21(16,4)19(24)25)17(22)7-6-15(13)18(22)26-14(2)23/h15-18H,1,5-12H2,2-4H3,(H,24,25). The highest BCUT2D eigenvalue weighted by Crippen LogP contribution is 2.72. The van der Waals surface area contributed by atoms with Gasteiger partial charge in [0.2, 0.25) is 0 Å². The first-order valence-corrected chi connectivity index (χ1v) is 10.2. The second-order valence-corrected chi connectivity index (χ2v) is 10.0. The molecule has 7 atom stereocenters. The molecule has 0 amide bonds. The van der Waals surface area contributed by atoms with Crippen LogP contribution in [-0.4, -0.2) is 23.1 Å². The van der Waals surface area contributed by atoms with Crippen molar-refractivity contribution in [2.24, 2.45) is 34.0 Å². The topological polar surface area (TPSA) is 63.6 Å². The molecule has 0 saturated heterocycles. The largest absolute Gasteiger partial charge is 0.481 e. The van der Waals surface area contributed by atoms with Crippen LogP contribution in [0, 0.1) is 34.0 Å². The molecular formula is C22H32O4. The molecule has 0 aliphatic heterocycles. The van der Waals surface area contributed by atoms with Gasteiger partial charge >= 0.3 is 11.9 Å². The van der Waals surface area contributed by atoms with Crippen LogP contribution < -0.4 is 0 Å². The van der Waals surface area contributed by atoms with Crippen molar-refractivity contribution in [3.8, 4) is 0 Å². The number of carbonyl (C=O) groups excluding carboxylic acids is 1. The summed E-state index contributed by atoms with van der Waals surface area (Å²) in [5.41, 5.74) is 0.612. The Hall–Kier alpha value is -1.32. The minimum absolute atomic E-state index is 0.0115. The molecule has 4 aliphatic rings. The number of esters is 1. The van der Waals surface area contributed by atoms with Gasteiger partial charge in [0, 0.05) is 18.3 Å². The first-order chi connectivity index (χ1) is 12.1. The molecule has 0 heterocycles. The van der Waals surface area contributed by atoms with Gasteiger partial charge in [-0.2, -0.15) is 0 Å². The third-order valence-corrected chi connectivity index (χ3v) is 8.93. The predicted molar refractivity (Wildman–Crippen MR) is 98.4 cm³/mol. The Morgan fingerprint density at radius 1 is 1.12 bits per heavy atom. The lowest BCUT2D eigenvalue weighted by atomic mass is 9.40. The highest BCUT2D eigenvalue weighted by atomic mass is 16.5. The van der Waals surface area contributed by atoms with Gasteiger partial charge in [-0.1, -0.05) is 25.5 Å². The van der Waals surface area contributed by atoms with Crippen molar-refractivity contribution in [1.82, 2.24) is 0 Å². The van der Waals surface area contributed by atoms with E-state index < -0.39 is 11.4 Å². The first kappa shape index (κ1) is 18.1. The summed E-state index contributed by atoms with van der Waals surface area (Å²) in [5, 5.41) is 10.0. The lowest BCUT2D eigenvalue weighted by Crippen LogP contribution is -2.61. The van der Waals surface area contributed by atoms with E-state index in [0.29, 0.717) is 11.8 Å². The third-order valence-electron chi connectivity index (χ3n) is 8.93. The molecule has 0 aromatic rings. The van der Waals surface area contributed by atoms with Crippen LogP contribution >= 0.6 is 0 Å². The lowest BCUT2D eigenvalue weighted by molar-refractivity contribution is -0.206. The van der Waals surface area contributed by atoms with Crippen LogP contribution in [0.3, 0.4) is 0 Å². The van der Waals surface area contributed by atoms with Crippen LogP contribution in [0.2, 0.25) is 0 Å². The molecule has 4 saturated carbocycles. The van der Waals surface area contributed by atoms with Crippen LogP contribution in [0.25, 0.3) is 0 Å². The van der Waals surface area contributed by atoms with Gasteiger partial charge in [0.1, 0.15) is 6.10 Å². The fourth-order valence-corrected chi connectivity index (χ4v) is 8.00. The fraction of sp³-hybridized carbons (Fsp3) is 0.818. The number of aliphatic carboxylic acids is 1. The van der Waals surface area contributed by atoms with Crippen LogP contribution in [-0.2, 0) is 14.3 Å². The Labute approximate surface area is 156 Å². The normalized spacial score (nSPS) is 49.9. The summed E-state index contributed by atoms with van der Waals surface area (Å²) < 4.78 is 5.92. The van der Waals surface area contributed by atoms with Crippen molar-refractivity contribution in [3.05, 3.63) is 12.2 Å². The van der Waals surface area contributed by atoms with E-state index in [2.05, 4.69) is 13.5 Å². The number of ether oxygens (including phenoxy) is 1. The van der Waals surface area contributed by atoms with E-state index in [9.17, 15) is 14.7 Å². The Morgan fingerprint density at radius 2 is 1.85 bits per heavy atom. The van der Waals surface area contributed by atoms with Crippen molar-refractivity contribution < 1.29 is 19.4 Å². The quantitative estimate of drug-likeness (QED) is 0.578. The molecule has 4 rings (SSSR count). The minimum atomic E-state index is -0.634. The molecule has 4 fully saturated rings. The maximum absolute atomic E-state index is 12.2. The van der Waals surface area contributed by atoms with Gasteiger partial charge in [-0.05, 0) is 69.1 Å². The molecule has 0 aromatic heterocycles. The molecule has 2 bridgehead atoms. The van der Waals surface area contributed by atoms with Gasteiger partial charge in [-0.25, -0.2) is 0 Å². The molecule has 0 radical (unpaired) electrons. The number of hydrogen-bond acceptors (Lipinski definition) is 3. The summed E-state index contributed by atoms with van der Waals surface area (Å²) in [5.74, 6) is 0.101. The lowest BCUT2D eigenvalue weighted by Gasteiger charge is -2.64. The SMILES string of the molecule is C=C1CC23CCC4C(C)(C(=O)O)CCCC4(C)C2CCC1C3OC(C)=O. The number of fused-ring (bicyclic) bond motifs is 3. The van der Waals surface area contributed by atoms with Gasteiger partial charge < -0.3 is 9.84 Å². The van der Waals surface area contributed by atoms with Crippen LogP contribution in [0.4, 0.5) is 0 Å². The molecule has 1 spiro atoms. The van der Waals surface area contributed by atoms with Crippen molar-refractivity contribution in [2.45, 2.75) is 78.2 Å². The molecule has 7 unspecified atom stereocenters. The molecule has 26 heavy (non-hydrogen) atoms. The van der Waals surface area contributed by atoms with Gasteiger partial charge in [-0.15, -0.1) is 0 Å². The average Bonchev–Trinajstić information content (AvgIpc) is 2.70.